The van der Waals surface area contributed by atoms with Crippen LogP contribution in [0, 0.1) is 11.6 Å². The highest BCUT2D eigenvalue weighted by Crippen LogP contribution is 2.21. The van der Waals surface area contributed by atoms with Crippen LogP contribution in [0.4, 0.5) is 32.3 Å². The van der Waals surface area contributed by atoms with Gasteiger partial charge in [0.05, 0.1) is 6.21 Å². The molecule has 0 amide bonds. The van der Waals surface area contributed by atoms with E-state index < -0.39 is 0 Å². The van der Waals surface area contributed by atoms with Crippen molar-refractivity contribution in [2.75, 3.05) is 28.7 Å². The van der Waals surface area contributed by atoms with E-state index in [-0.39, 0.29) is 30.0 Å². The van der Waals surface area contributed by atoms with Crippen molar-refractivity contribution in [1.29, 1.82) is 0 Å². The quantitative estimate of drug-likeness (QED) is 0.421. The number of hydrazone groups is 1. The molecule has 162 valence electrons. The van der Waals surface area contributed by atoms with Gasteiger partial charge in [-0.25, -0.2) is 14.2 Å². The zero-order valence-electron chi connectivity index (χ0n) is 16.6. The molecule has 0 radical (unpaired) electrons. The predicted molar refractivity (Wildman–Crippen MR) is 120 cm³/mol. The van der Waals surface area contributed by atoms with Crippen LogP contribution >= 0.6 is 12.4 Å². The molecule has 0 aliphatic carbocycles. The molecule has 1 aliphatic rings. The average Bonchev–Trinajstić information content (AvgIpc) is 2.77. The number of rotatable bonds is 6. The summed E-state index contributed by atoms with van der Waals surface area (Å²) in [7, 11) is 0. The number of hydrogen-bond acceptors (Lipinski definition) is 7. The van der Waals surface area contributed by atoms with E-state index in [0.717, 1.165) is 31.5 Å². The Bertz CT molecular complexity index is 1010. The van der Waals surface area contributed by atoms with Gasteiger partial charge in [-0.05, 0) is 61.2 Å². The summed E-state index contributed by atoms with van der Waals surface area (Å²) in [5, 5.41) is 7.22. The Morgan fingerprint density at radius 1 is 0.806 bits per heavy atom. The van der Waals surface area contributed by atoms with Gasteiger partial charge in [0.15, 0.2) is 0 Å². The van der Waals surface area contributed by atoms with Crippen molar-refractivity contribution in [3.63, 3.8) is 0 Å². The Morgan fingerprint density at radius 3 is 2.10 bits per heavy atom. The standard InChI is InChI=1S/C21H21F2N7.ClH/c22-16-6-4-15(5-7-16)14-24-29-20-26-19(25-18-10-8-17(23)9-11-18)27-21(28-20)30-12-2-1-3-13-30;/h4-11,14H,1-3,12-13H2,(H2,25,26,27,28,29);1H/b24-14+;. The highest BCUT2D eigenvalue weighted by molar-refractivity contribution is 5.85. The smallest absolute Gasteiger partial charge is 0.250 e. The zero-order valence-corrected chi connectivity index (χ0v) is 17.4. The third-order valence-electron chi connectivity index (χ3n) is 4.61. The Hall–Kier alpha value is -3.33. The number of anilines is 4. The first-order valence-corrected chi connectivity index (χ1v) is 9.74. The van der Waals surface area contributed by atoms with Crippen LogP contribution in [0.25, 0.3) is 0 Å². The Kier molecular flexibility index (Phi) is 7.66. The minimum Gasteiger partial charge on any atom is -0.341 e. The van der Waals surface area contributed by atoms with Gasteiger partial charge in [0.2, 0.25) is 17.8 Å². The van der Waals surface area contributed by atoms with E-state index in [1.807, 2.05) is 0 Å². The summed E-state index contributed by atoms with van der Waals surface area (Å²) < 4.78 is 26.2. The normalized spacial score (nSPS) is 13.7. The lowest BCUT2D eigenvalue weighted by atomic mass is 10.1. The van der Waals surface area contributed by atoms with E-state index in [1.165, 1.54) is 30.7 Å². The van der Waals surface area contributed by atoms with Crippen LogP contribution in [-0.4, -0.2) is 34.3 Å². The Morgan fingerprint density at radius 2 is 1.42 bits per heavy atom. The summed E-state index contributed by atoms with van der Waals surface area (Å²) in [5.41, 5.74) is 4.20. The Labute approximate surface area is 185 Å². The number of nitrogens with one attached hydrogen (secondary N) is 2. The molecule has 1 aromatic heterocycles. The molecule has 0 bridgehead atoms. The van der Waals surface area contributed by atoms with Gasteiger partial charge in [-0.15, -0.1) is 12.4 Å². The van der Waals surface area contributed by atoms with Gasteiger partial charge in [0, 0.05) is 18.8 Å². The van der Waals surface area contributed by atoms with Gasteiger partial charge in [-0.3, -0.25) is 0 Å². The second kappa shape index (κ2) is 10.6. The van der Waals surface area contributed by atoms with Gasteiger partial charge in [0.25, 0.3) is 0 Å². The molecular formula is C21H22ClF2N7. The lowest BCUT2D eigenvalue weighted by Crippen LogP contribution is -2.31. The van der Waals surface area contributed by atoms with Crippen LogP contribution in [0.5, 0.6) is 0 Å². The molecule has 31 heavy (non-hydrogen) atoms. The predicted octanol–water partition coefficient (Wildman–Crippen LogP) is 4.75. The first-order valence-electron chi connectivity index (χ1n) is 9.74. The molecule has 2 aromatic carbocycles. The van der Waals surface area contributed by atoms with E-state index in [0.29, 0.717) is 17.6 Å². The molecule has 2 N–H and O–H groups in total. The maximum Gasteiger partial charge on any atom is 0.250 e. The van der Waals surface area contributed by atoms with Crippen LogP contribution in [0.15, 0.2) is 53.6 Å². The molecule has 0 spiro atoms. The molecule has 1 aliphatic heterocycles. The lowest BCUT2D eigenvalue weighted by Gasteiger charge is -2.26. The van der Waals surface area contributed by atoms with Crippen LogP contribution in [-0.2, 0) is 0 Å². The van der Waals surface area contributed by atoms with E-state index in [9.17, 15) is 8.78 Å². The minimum atomic E-state index is -0.317. The summed E-state index contributed by atoms with van der Waals surface area (Å²) in [4.78, 5) is 15.5. The fourth-order valence-electron chi connectivity index (χ4n) is 3.08. The highest BCUT2D eigenvalue weighted by Gasteiger charge is 2.16. The van der Waals surface area contributed by atoms with Gasteiger partial charge >= 0.3 is 0 Å². The number of hydrogen-bond donors (Lipinski definition) is 2. The van der Waals surface area contributed by atoms with Crippen molar-refractivity contribution in [3.8, 4) is 0 Å². The van der Waals surface area contributed by atoms with Crippen molar-refractivity contribution in [1.82, 2.24) is 15.0 Å². The Balaban J connectivity index is 0.00000272. The van der Waals surface area contributed by atoms with Crippen LogP contribution in [0.3, 0.4) is 0 Å². The van der Waals surface area contributed by atoms with E-state index >= 15 is 0 Å². The van der Waals surface area contributed by atoms with Gasteiger partial charge in [0.1, 0.15) is 11.6 Å². The molecule has 2 heterocycles. The maximum absolute atomic E-state index is 13.2. The second-order valence-corrected chi connectivity index (χ2v) is 6.88. The van der Waals surface area contributed by atoms with Crippen LogP contribution in [0.2, 0.25) is 0 Å². The molecule has 3 aromatic rings. The maximum atomic E-state index is 13.2. The molecule has 0 atom stereocenters. The molecule has 7 nitrogen and oxygen atoms in total. The third kappa shape index (κ3) is 6.32. The topological polar surface area (TPSA) is 78.3 Å². The molecule has 10 heteroatoms. The highest BCUT2D eigenvalue weighted by atomic mass is 35.5. The fraction of sp³-hybridized carbons (Fsp3) is 0.238. The van der Waals surface area contributed by atoms with Crippen molar-refractivity contribution in [2.24, 2.45) is 5.10 Å². The van der Waals surface area contributed by atoms with E-state index in [2.05, 4.69) is 35.7 Å². The van der Waals surface area contributed by atoms with Gasteiger partial charge in [-0.1, -0.05) is 12.1 Å². The molecule has 0 unspecified atom stereocenters. The number of aromatic nitrogens is 3. The molecule has 4 rings (SSSR count). The number of nitrogens with zero attached hydrogens (tertiary/aromatic N) is 5. The zero-order chi connectivity index (χ0) is 20.8. The van der Waals surface area contributed by atoms with Crippen LogP contribution in [0.1, 0.15) is 24.8 Å². The molecule has 1 saturated heterocycles. The number of benzene rings is 2. The molecule has 1 fully saturated rings. The van der Waals surface area contributed by atoms with E-state index in [4.69, 9.17) is 0 Å². The number of halogens is 3. The molecular weight excluding hydrogens is 424 g/mol. The number of piperidine rings is 1. The SMILES string of the molecule is Cl.Fc1ccc(/C=N/Nc2nc(Nc3ccc(F)cc3)nc(N3CCCCC3)n2)cc1. The van der Waals surface area contributed by atoms with Crippen LogP contribution < -0.4 is 15.6 Å². The minimum absolute atomic E-state index is 0. The first-order chi connectivity index (χ1) is 14.7. The van der Waals surface area contributed by atoms with Gasteiger partial charge < -0.3 is 10.2 Å². The lowest BCUT2D eigenvalue weighted by molar-refractivity contribution is 0.568. The summed E-state index contributed by atoms with van der Waals surface area (Å²) in [6.45, 7) is 1.75. The van der Waals surface area contributed by atoms with E-state index in [1.54, 1.807) is 30.5 Å². The fourth-order valence-corrected chi connectivity index (χ4v) is 3.08. The third-order valence-corrected chi connectivity index (χ3v) is 4.61. The summed E-state index contributed by atoms with van der Waals surface area (Å²) >= 11 is 0. The largest absolute Gasteiger partial charge is 0.341 e. The summed E-state index contributed by atoms with van der Waals surface area (Å²) in [6.07, 6.45) is 4.90. The van der Waals surface area contributed by atoms with Crippen molar-refractivity contribution >= 4 is 42.2 Å². The molecule has 0 saturated carbocycles. The summed E-state index contributed by atoms with van der Waals surface area (Å²) in [5.74, 6) is 0.530. The first kappa shape index (κ1) is 22.4. The van der Waals surface area contributed by atoms with Crippen molar-refractivity contribution < 1.29 is 8.78 Å². The average molecular weight is 446 g/mol. The monoisotopic (exact) mass is 445 g/mol. The second-order valence-electron chi connectivity index (χ2n) is 6.88. The van der Waals surface area contributed by atoms with Crippen molar-refractivity contribution in [3.05, 3.63) is 65.7 Å². The summed E-state index contributed by atoms with van der Waals surface area (Å²) in [6, 6.07) is 11.9. The van der Waals surface area contributed by atoms with Gasteiger partial charge in [-0.2, -0.15) is 20.1 Å². The van der Waals surface area contributed by atoms with Crippen molar-refractivity contribution in [2.45, 2.75) is 19.3 Å².